The highest BCUT2D eigenvalue weighted by Crippen LogP contribution is 2.17. The summed E-state index contributed by atoms with van der Waals surface area (Å²) in [5, 5.41) is 7.68. The Bertz CT molecular complexity index is 816. The van der Waals surface area contributed by atoms with Crippen LogP contribution in [0.25, 0.3) is 10.9 Å². The van der Waals surface area contributed by atoms with Gasteiger partial charge in [-0.25, -0.2) is 8.42 Å². The lowest BCUT2D eigenvalue weighted by atomic mass is 10.1. The molecule has 2 aromatic rings. The number of aliphatic imine (C=N–C) groups is 1. The minimum Gasteiger partial charge on any atom is -0.361 e. The Hall–Kier alpha value is -1.29. The quantitative estimate of drug-likeness (QED) is 0.367. The van der Waals surface area contributed by atoms with Gasteiger partial charge in [0, 0.05) is 36.7 Å². The van der Waals surface area contributed by atoms with Gasteiger partial charge in [-0.3, -0.25) is 4.99 Å². The number of aromatic nitrogens is 1. The van der Waals surface area contributed by atoms with Crippen LogP contribution < -0.4 is 10.6 Å². The number of rotatable bonds is 4. The molecular formula is C16H23IN4O2S. The minimum atomic E-state index is -2.88. The number of fused-ring (bicyclic) bond motifs is 1. The summed E-state index contributed by atoms with van der Waals surface area (Å²) in [4.78, 5) is 7.44. The van der Waals surface area contributed by atoms with Gasteiger partial charge in [-0.2, -0.15) is 0 Å². The average molecular weight is 462 g/mol. The van der Waals surface area contributed by atoms with Crippen molar-refractivity contribution in [3.05, 3.63) is 36.0 Å². The third-order valence-electron chi connectivity index (χ3n) is 4.16. The summed E-state index contributed by atoms with van der Waals surface area (Å²) >= 11 is 0. The zero-order valence-electron chi connectivity index (χ0n) is 13.6. The first kappa shape index (κ1) is 19.0. The number of guanidine groups is 1. The number of halogens is 1. The molecule has 1 aliphatic rings. The summed E-state index contributed by atoms with van der Waals surface area (Å²) in [6.45, 7) is 0.737. The van der Waals surface area contributed by atoms with Crippen molar-refractivity contribution in [1.29, 1.82) is 0 Å². The lowest BCUT2D eigenvalue weighted by Crippen LogP contribution is -2.44. The van der Waals surface area contributed by atoms with Gasteiger partial charge in [-0.15, -0.1) is 24.0 Å². The van der Waals surface area contributed by atoms with E-state index in [4.69, 9.17) is 0 Å². The van der Waals surface area contributed by atoms with E-state index in [0.717, 1.165) is 18.5 Å². The molecule has 1 atom stereocenters. The lowest BCUT2D eigenvalue weighted by Gasteiger charge is -2.15. The fraction of sp³-hybridized carbons (Fsp3) is 0.438. The van der Waals surface area contributed by atoms with Crippen LogP contribution in [0.2, 0.25) is 0 Å². The van der Waals surface area contributed by atoms with Gasteiger partial charge in [0.15, 0.2) is 15.8 Å². The van der Waals surface area contributed by atoms with E-state index in [1.165, 1.54) is 10.9 Å². The standard InChI is InChI=1S/C16H22N4O2S.HI/c1-17-16(20-13-7-9-23(21,22)11-13)18-8-6-12-10-19-15-5-3-2-4-14(12)15;/h2-5,10,13,19H,6-9,11H2,1H3,(H2,17,18,20);1H. The number of para-hydroxylation sites is 1. The topological polar surface area (TPSA) is 86.3 Å². The van der Waals surface area contributed by atoms with E-state index in [1.54, 1.807) is 7.05 Å². The van der Waals surface area contributed by atoms with Gasteiger partial charge in [-0.05, 0) is 24.5 Å². The fourth-order valence-electron chi connectivity index (χ4n) is 2.95. The predicted octanol–water partition coefficient (Wildman–Crippen LogP) is 1.68. The highest BCUT2D eigenvalue weighted by molar-refractivity contribution is 14.0. The Morgan fingerprint density at radius 1 is 1.38 bits per heavy atom. The average Bonchev–Trinajstić information content (AvgIpc) is 3.09. The molecule has 2 heterocycles. The first-order chi connectivity index (χ1) is 11.1. The number of benzene rings is 1. The maximum atomic E-state index is 11.5. The number of H-pyrrole nitrogens is 1. The van der Waals surface area contributed by atoms with Gasteiger partial charge in [0.1, 0.15) is 0 Å². The van der Waals surface area contributed by atoms with E-state index in [2.05, 4.69) is 32.7 Å². The molecule has 1 unspecified atom stereocenters. The Balaban J connectivity index is 0.00000208. The van der Waals surface area contributed by atoms with Crippen LogP contribution in [0.15, 0.2) is 35.5 Å². The van der Waals surface area contributed by atoms with Crippen LogP contribution in [0.5, 0.6) is 0 Å². The van der Waals surface area contributed by atoms with Crippen molar-refractivity contribution in [3.8, 4) is 0 Å². The largest absolute Gasteiger partial charge is 0.361 e. The highest BCUT2D eigenvalue weighted by Gasteiger charge is 2.28. The second kappa shape index (κ2) is 8.19. The van der Waals surface area contributed by atoms with Crippen LogP contribution in [0.3, 0.4) is 0 Å². The van der Waals surface area contributed by atoms with E-state index in [9.17, 15) is 8.42 Å². The first-order valence-corrected chi connectivity index (χ1v) is 9.62. The molecule has 8 heteroatoms. The van der Waals surface area contributed by atoms with E-state index in [0.29, 0.717) is 12.4 Å². The number of nitrogens with one attached hydrogen (secondary N) is 3. The second-order valence-electron chi connectivity index (χ2n) is 5.85. The molecule has 0 amide bonds. The summed E-state index contributed by atoms with van der Waals surface area (Å²) in [5.74, 6) is 1.11. The molecular weight excluding hydrogens is 439 g/mol. The van der Waals surface area contributed by atoms with Gasteiger partial charge in [0.2, 0.25) is 0 Å². The maximum Gasteiger partial charge on any atom is 0.191 e. The minimum absolute atomic E-state index is 0. The van der Waals surface area contributed by atoms with Crippen molar-refractivity contribution >= 4 is 50.7 Å². The Morgan fingerprint density at radius 3 is 2.88 bits per heavy atom. The van der Waals surface area contributed by atoms with E-state index >= 15 is 0 Å². The molecule has 1 saturated heterocycles. The highest BCUT2D eigenvalue weighted by atomic mass is 127. The summed E-state index contributed by atoms with van der Waals surface area (Å²) in [5.41, 5.74) is 2.40. The van der Waals surface area contributed by atoms with Crippen LogP contribution in [0.4, 0.5) is 0 Å². The van der Waals surface area contributed by atoms with Crippen LogP contribution >= 0.6 is 24.0 Å². The summed E-state index contributed by atoms with van der Waals surface area (Å²) < 4.78 is 23.0. The third kappa shape index (κ3) is 4.62. The Morgan fingerprint density at radius 2 is 2.17 bits per heavy atom. The smallest absolute Gasteiger partial charge is 0.191 e. The molecule has 3 rings (SSSR count). The molecule has 1 fully saturated rings. The summed E-state index contributed by atoms with van der Waals surface area (Å²) in [6.07, 6.45) is 3.55. The molecule has 24 heavy (non-hydrogen) atoms. The van der Waals surface area contributed by atoms with Crippen LogP contribution in [0.1, 0.15) is 12.0 Å². The number of hydrogen-bond donors (Lipinski definition) is 3. The predicted molar refractivity (Wildman–Crippen MR) is 109 cm³/mol. The molecule has 1 aromatic heterocycles. The molecule has 132 valence electrons. The third-order valence-corrected chi connectivity index (χ3v) is 5.93. The number of sulfone groups is 1. The normalized spacial score (nSPS) is 19.9. The Kier molecular flexibility index (Phi) is 6.50. The van der Waals surface area contributed by atoms with E-state index in [-0.39, 0.29) is 41.5 Å². The Labute approximate surface area is 159 Å². The van der Waals surface area contributed by atoms with Gasteiger partial charge in [0.25, 0.3) is 0 Å². The van der Waals surface area contributed by atoms with Crippen molar-refractivity contribution < 1.29 is 8.42 Å². The molecule has 3 N–H and O–H groups in total. The molecule has 0 spiro atoms. The second-order valence-corrected chi connectivity index (χ2v) is 8.08. The van der Waals surface area contributed by atoms with Crippen molar-refractivity contribution in [2.24, 2.45) is 4.99 Å². The molecule has 0 radical (unpaired) electrons. The molecule has 1 aromatic carbocycles. The van der Waals surface area contributed by atoms with Crippen molar-refractivity contribution in [2.75, 3.05) is 25.1 Å². The number of nitrogens with zero attached hydrogens (tertiary/aromatic N) is 1. The van der Waals surface area contributed by atoms with Crippen molar-refractivity contribution in [3.63, 3.8) is 0 Å². The van der Waals surface area contributed by atoms with Gasteiger partial charge in [-0.1, -0.05) is 18.2 Å². The molecule has 0 aliphatic carbocycles. The van der Waals surface area contributed by atoms with Gasteiger partial charge in [0.05, 0.1) is 11.5 Å². The molecule has 0 saturated carbocycles. The van der Waals surface area contributed by atoms with Crippen LogP contribution in [-0.2, 0) is 16.3 Å². The summed E-state index contributed by atoms with van der Waals surface area (Å²) in [7, 11) is -1.18. The molecule has 0 bridgehead atoms. The summed E-state index contributed by atoms with van der Waals surface area (Å²) in [6, 6.07) is 8.18. The van der Waals surface area contributed by atoms with Crippen LogP contribution in [-0.4, -0.2) is 50.5 Å². The van der Waals surface area contributed by atoms with Crippen molar-refractivity contribution in [2.45, 2.75) is 18.9 Å². The maximum absolute atomic E-state index is 11.5. The van der Waals surface area contributed by atoms with E-state index < -0.39 is 9.84 Å². The zero-order chi connectivity index (χ0) is 16.3. The number of hydrogen-bond acceptors (Lipinski definition) is 3. The van der Waals surface area contributed by atoms with E-state index in [1.807, 2.05) is 18.3 Å². The molecule has 1 aliphatic heterocycles. The fourth-order valence-corrected chi connectivity index (χ4v) is 4.62. The zero-order valence-corrected chi connectivity index (χ0v) is 16.7. The first-order valence-electron chi connectivity index (χ1n) is 7.80. The molecule has 6 nitrogen and oxygen atoms in total. The monoisotopic (exact) mass is 462 g/mol. The van der Waals surface area contributed by atoms with Gasteiger partial charge < -0.3 is 15.6 Å². The van der Waals surface area contributed by atoms with Crippen LogP contribution in [0, 0.1) is 0 Å². The SMILES string of the molecule is CN=C(NCCc1c[nH]c2ccccc12)NC1CCS(=O)(=O)C1.I. The number of aromatic amines is 1. The lowest BCUT2D eigenvalue weighted by molar-refractivity contribution is 0.599. The van der Waals surface area contributed by atoms with Gasteiger partial charge >= 0.3 is 0 Å². The van der Waals surface area contributed by atoms with Crippen molar-refractivity contribution in [1.82, 2.24) is 15.6 Å².